The molecule has 4 rings (SSSR count). The summed E-state index contributed by atoms with van der Waals surface area (Å²) in [6, 6.07) is 12.1. The zero-order valence-electron chi connectivity index (χ0n) is 11.5. The van der Waals surface area contributed by atoms with Crippen LogP contribution < -0.4 is 5.73 Å². The molecule has 1 aromatic carbocycles. The molecule has 3 aromatic rings. The van der Waals surface area contributed by atoms with Gasteiger partial charge in [0.1, 0.15) is 0 Å². The summed E-state index contributed by atoms with van der Waals surface area (Å²) in [5, 5.41) is 6.20. The minimum absolute atomic E-state index is 0.0889. The van der Waals surface area contributed by atoms with Gasteiger partial charge < -0.3 is 10.3 Å². The normalized spacial score (nSPS) is 16.0. The third-order valence-electron chi connectivity index (χ3n) is 4.00. The molecule has 2 aromatic heterocycles. The molecular formula is C16H15N3OS. The highest BCUT2D eigenvalue weighted by molar-refractivity contribution is 7.09. The lowest BCUT2D eigenvalue weighted by Gasteiger charge is -2.10. The fourth-order valence-corrected chi connectivity index (χ4v) is 3.34. The Bertz CT molecular complexity index is 742. The van der Waals surface area contributed by atoms with Gasteiger partial charge in [0.2, 0.25) is 5.89 Å². The van der Waals surface area contributed by atoms with Gasteiger partial charge >= 0.3 is 0 Å². The van der Waals surface area contributed by atoms with Crippen LogP contribution in [-0.4, -0.2) is 10.1 Å². The number of rotatable bonds is 4. The molecule has 0 unspecified atom stereocenters. The Kier molecular flexibility index (Phi) is 2.82. The van der Waals surface area contributed by atoms with Crippen molar-refractivity contribution in [3.63, 3.8) is 0 Å². The molecule has 4 nitrogen and oxygen atoms in total. The van der Waals surface area contributed by atoms with Crippen LogP contribution in [0.3, 0.4) is 0 Å². The van der Waals surface area contributed by atoms with Gasteiger partial charge in [-0.05, 0) is 42.0 Å². The predicted octanol–water partition coefficient (Wildman–Crippen LogP) is 3.38. The SMILES string of the molecule is Nc1ccc(C2(c3nc(Cc4cccs4)no3)CC2)cc1. The summed E-state index contributed by atoms with van der Waals surface area (Å²) in [4.78, 5) is 5.87. The first-order chi connectivity index (χ1) is 10.3. The maximum Gasteiger partial charge on any atom is 0.237 e. The monoisotopic (exact) mass is 297 g/mol. The van der Waals surface area contributed by atoms with E-state index in [0.29, 0.717) is 0 Å². The van der Waals surface area contributed by atoms with Crippen LogP contribution in [-0.2, 0) is 11.8 Å². The van der Waals surface area contributed by atoms with E-state index in [0.717, 1.165) is 36.7 Å². The minimum atomic E-state index is -0.0889. The van der Waals surface area contributed by atoms with Crippen molar-refractivity contribution < 1.29 is 4.52 Å². The van der Waals surface area contributed by atoms with Crippen molar-refractivity contribution in [2.75, 3.05) is 5.73 Å². The second kappa shape index (κ2) is 4.70. The summed E-state index contributed by atoms with van der Waals surface area (Å²) in [5.41, 5.74) is 7.66. The van der Waals surface area contributed by atoms with E-state index in [4.69, 9.17) is 10.3 Å². The van der Waals surface area contributed by atoms with Crippen LogP contribution in [0, 0.1) is 0 Å². The maximum atomic E-state index is 5.76. The van der Waals surface area contributed by atoms with Gasteiger partial charge in [-0.1, -0.05) is 23.4 Å². The molecule has 0 radical (unpaired) electrons. The second-order valence-corrected chi connectivity index (χ2v) is 6.51. The zero-order valence-corrected chi connectivity index (χ0v) is 12.3. The number of anilines is 1. The van der Waals surface area contributed by atoms with Crippen molar-refractivity contribution in [2.24, 2.45) is 0 Å². The van der Waals surface area contributed by atoms with Crippen molar-refractivity contribution in [1.82, 2.24) is 10.1 Å². The van der Waals surface area contributed by atoms with Gasteiger partial charge in [-0.25, -0.2) is 0 Å². The first-order valence-electron chi connectivity index (χ1n) is 6.98. The van der Waals surface area contributed by atoms with Crippen molar-refractivity contribution in [2.45, 2.75) is 24.7 Å². The number of aromatic nitrogens is 2. The predicted molar refractivity (Wildman–Crippen MR) is 82.3 cm³/mol. The Labute approximate surface area is 126 Å². The summed E-state index contributed by atoms with van der Waals surface area (Å²) >= 11 is 1.71. The summed E-state index contributed by atoms with van der Waals surface area (Å²) in [7, 11) is 0. The molecule has 0 atom stereocenters. The van der Waals surface area contributed by atoms with Crippen molar-refractivity contribution in [1.29, 1.82) is 0 Å². The Morgan fingerprint density at radius 3 is 2.67 bits per heavy atom. The van der Waals surface area contributed by atoms with Crippen LogP contribution in [0.1, 0.15) is 35.0 Å². The molecule has 5 heteroatoms. The molecule has 0 amide bonds. The van der Waals surface area contributed by atoms with E-state index in [1.54, 1.807) is 11.3 Å². The fourth-order valence-electron chi connectivity index (χ4n) is 2.64. The van der Waals surface area contributed by atoms with E-state index in [-0.39, 0.29) is 5.41 Å². The summed E-state index contributed by atoms with van der Waals surface area (Å²) < 4.78 is 5.54. The first kappa shape index (κ1) is 12.6. The van der Waals surface area contributed by atoms with Crippen LogP contribution in [0.5, 0.6) is 0 Å². The van der Waals surface area contributed by atoms with Crippen LogP contribution in [0.15, 0.2) is 46.3 Å². The average Bonchev–Trinajstić information content (AvgIpc) is 2.92. The highest BCUT2D eigenvalue weighted by atomic mass is 32.1. The van der Waals surface area contributed by atoms with E-state index < -0.39 is 0 Å². The summed E-state index contributed by atoms with van der Waals surface area (Å²) in [6.07, 6.45) is 2.84. The van der Waals surface area contributed by atoms with Gasteiger partial charge in [0, 0.05) is 17.0 Å². The lowest BCUT2D eigenvalue weighted by Crippen LogP contribution is -2.09. The third-order valence-corrected chi connectivity index (χ3v) is 4.88. The molecule has 0 aliphatic heterocycles. The van der Waals surface area contributed by atoms with Crippen molar-refractivity contribution in [3.8, 4) is 0 Å². The molecule has 21 heavy (non-hydrogen) atoms. The Morgan fingerprint density at radius 2 is 2.00 bits per heavy atom. The summed E-state index contributed by atoms with van der Waals surface area (Å²) in [5.74, 6) is 1.49. The van der Waals surface area contributed by atoms with E-state index in [1.165, 1.54) is 10.4 Å². The molecular weight excluding hydrogens is 282 g/mol. The third kappa shape index (κ3) is 2.23. The standard InChI is InChI=1S/C16H15N3OS/c17-12-5-3-11(4-6-12)16(7-8-16)15-18-14(19-20-15)10-13-2-1-9-21-13/h1-6,9H,7-8,10,17H2. The number of thiophene rings is 1. The number of nitrogens with zero attached hydrogens (tertiary/aromatic N) is 2. The molecule has 2 heterocycles. The lowest BCUT2D eigenvalue weighted by molar-refractivity contribution is 0.356. The Morgan fingerprint density at radius 1 is 1.19 bits per heavy atom. The lowest BCUT2D eigenvalue weighted by atomic mass is 9.96. The van der Waals surface area contributed by atoms with E-state index in [1.807, 2.05) is 18.2 Å². The Balaban J connectivity index is 1.61. The van der Waals surface area contributed by atoms with Crippen LogP contribution in [0.4, 0.5) is 5.69 Å². The smallest absolute Gasteiger partial charge is 0.237 e. The molecule has 0 bridgehead atoms. The molecule has 106 valence electrons. The minimum Gasteiger partial charge on any atom is -0.399 e. The number of hydrogen-bond acceptors (Lipinski definition) is 5. The van der Waals surface area contributed by atoms with E-state index >= 15 is 0 Å². The highest BCUT2D eigenvalue weighted by Gasteiger charge is 2.50. The van der Waals surface area contributed by atoms with Crippen molar-refractivity contribution in [3.05, 3.63) is 63.9 Å². The highest BCUT2D eigenvalue weighted by Crippen LogP contribution is 2.52. The first-order valence-corrected chi connectivity index (χ1v) is 7.86. The average molecular weight is 297 g/mol. The van der Waals surface area contributed by atoms with Gasteiger partial charge in [0.25, 0.3) is 0 Å². The van der Waals surface area contributed by atoms with Gasteiger partial charge in [-0.15, -0.1) is 11.3 Å². The largest absolute Gasteiger partial charge is 0.399 e. The topological polar surface area (TPSA) is 64.9 Å². The van der Waals surface area contributed by atoms with Gasteiger partial charge in [0.15, 0.2) is 5.82 Å². The number of benzene rings is 1. The number of nitrogens with two attached hydrogens (primary N) is 1. The maximum absolute atomic E-state index is 5.76. The summed E-state index contributed by atoms with van der Waals surface area (Å²) in [6.45, 7) is 0. The van der Waals surface area contributed by atoms with E-state index in [2.05, 4.69) is 33.7 Å². The van der Waals surface area contributed by atoms with Gasteiger partial charge in [0.05, 0.1) is 5.41 Å². The zero-order chi connectivity index (χ0) is 14.3. The van der Waals surface area contributed by atoms with Crippen LogP contribution in [0.2, 0.25) is 0 Å². The molecule has 1 saturated carbocycles. The van der Waals surface area contributed by atoms with Gasteiger partial charge in [-0.3, -0.25) is 0 Å². The molecule has 0 spiro atoms. The molecule has 1 aliphatic rings. The molecule has 0 saturated heterocycles. The molecule has 1 aliphatic carbocycles. The van der Waals surface area contributed by atoms with Gasteiger partial charge in [-0.2, -0.15) is 4.98 Å². The second-order valence-electron chi connectivity index (χ2n) is 5.48. The fraction of sp³-hybridized carbons (Fsp3) is 0.250. The Hall–Kier alpha value is -2.14. The molecule has 2 N–H and O–H groups in total. The molecule has 1 fully saturated rings. The van der Waals surface area contributed by atoms with E-state index in [9.17, 15) is 0 Å². The number of hydrogen-bond donors (Lipinski definition) is 1. The van der Waals surface area contributed by atoms with Crippen LogP contribution in [0.25, 0.3) is 0 Å². The quantitative estimate of drug-likeness (QED) is 0.750. The van der Waals surface area contributed by atoms with Crippen molar-refractivity contribution >= 4 is 17.0 Å². The van der Waals surface area contributed by atoms with Crippen LogP contribution >= 0.6 is 11.3 Å². The number of nitrogen functional groups attached to an aromatic ring is 1.